The van der Waals surface area contributed by atoms with Gasteiger partial charge in [-0.2, -0.15) is 5.10 Å². The second-order valence-corrected chi connectivity index (χ2v) is 8.33. The SMILES string of the molecule is Cc1ccc(-c2cc(CCCC(=O)NO)nn2-c2ccccc2S(N)(=O)=O)cc1F. The van der Waals surface area contributed by atoms with Crippen LogP contribution in [-0.4, -0.2) is 29.3 Å². The Labute approximate surface area is 173 Å². The number of benzene rings is 2. The number of hydrogen-bond donors (Lipinski definition) is 3. The van der Waals surface area contributed by atoms with Crippen LogP contribution >= 0.6 is 0 Å². The number of halogens is 1. The predicted octanol–water partition coefficient (Wildman–Crippen LogP) is 2.46. The molecule has 30 heavy (non-hydrogen) atoms. The van der Waals surface area contributed by atoms with Crippen LogP contribution in [0.15, 0.2) is 53.4 Å². The molecule has 3 rings (SSSR count). The van der Waals surface area contributed by atoms with Crippen molar-refractivity contribution in [1.82, 2.24) is 15.3 Å². The molecule has 0 aliphatic heterocycles. The van der Waals surface area contributed by atoms with E-state index < -0.39 is 21.7 Å². The fourth-order valence-corrected chi connectivity index (χ4v) is 3.77. The lowest BCUT2D eigenvalue weighted by atomic mass is 10.1. The number of amides is 1. The van der Waals surface area contributed by atoms with Gasteiger partial charge in [-0.25, -0.2) is 28.1 Å². The average molecular weight is 432 g/mol. The zero-order valence-electron chi connectivity index (χ0n) is 16.2. The number of rotatable bonds is 7. The van der Waals surface area contributed by atoms with E-state index in [9.17, 15) is 17.6 Å². The molecular formula is C20H21FN4O4S. The molecule has 0 bridgehead atoms. The number of nitrogens with two attached hydrogens (primary N) is 1. The number of sulfonamides is 1. The fourth-order valence-electron chi connectivity index (χ4n) is 3.05. The Bertz CT molecular complexity index is 1190. The van der Waals surface area contributed by atoms with Gasteiger partial charge in [0, 0.05) is 12.0 Å². The molecule has 3 aromatic rings. The molecule has 0 saturated carbocycles. The van der Waals surface area contributed by atoms with Crippen LogP contribution in [0, 0.1) is 12.7 Å². The second-order valence-electron chi connectivity index (χ2n) is 6.80. The van der Waals surface area contributed by atoms with Crippen molar-refractivity contribution >= 4 is 15.9 Å². The van der Waals surface area contributed by atoms with E-state index >= 15 is 0 Å². The highest BCUT2D eigenvalue weighted by molar-refractivity contribution is 7.89. The molecule has 1 amide bonds. The van der Waals surface area contributed by atoms with Gasteiger partial charge in [0.2, 0.25) is 15.9 Å². The predicted molar refractivity (Wildman–Crippen MR) is 108 cm³/mol. The first-order chi connectivity index (χ1) is 14.2. The Morgan fingerprint density at radius 1 is 1.23 bits per heavy atom. The minimum absolute atomic E-state index is 0.0889. The van der Waals surface area contributed by atoms with Gasteiger partial charge in [0.1, 0.15) is 10.7 Å². The van der Waals surface area contributed by atoms with Gasteiger partial charge >= 0.3 is 0 Å². The minimum atomic E-state index is -4.03. The van der Waals surface area contributed by atoms with Crippen LogP contribution in [-0.2, 0) is 21.2 Å². The maximum Gasteiger partial charge on any atom is 0.243 e. The highest BCUT2D eigenvalue weighted by atomic mass is 32.2. The molecule has 0 saturated heterocycles. The molecule has 158 valence electrons. The van der Waals surface area contributed by atoms with Gasteiger partial charge in [0.15, 0.2) is 0 Å². The minimum Gasteiger partial charge on any atom is -0.289 e. The number of hydrogen-bond acceptors (Lipinski definition) is 5. The smallest absolute Gasteiger partial charge is 0.243 e. The number of para-hydroxylation sites is 1. The summed E-state index contributed by atoms with van der Waals surface area (Å²) in [5.74, 6) is -0.920. The highest BCUT2D eigenvalue weighted by Gasteiger charge is 2.20. The summed E-state index contributed by atoms with van der Waals surface area (Å²) < 4.78 is 39.7. The average Bonchev–Trinajstić information content (AvgIpc) is 3.13. The summed E-state index contributed by atoms with van der Waals surface area (Å²) in [6.45, 7) is 1.64. The van der Waals surface area contributed by atoms with Gasteiger partial charge in [0.25, 0.3) is 0 Å². The number of aryl methyl sites for hydroxylation is 2. The van der Waals surface area contributed by atoms with E-state index in [2.05, 4.69) is 5.10 Å². The molecule has 1 heterocycles. The lowest BCUT2D eigenvalue weighted by Crippen LogP contribution is -2.18. The quantitative estimate of drug-likeness (QED) is 0.390. The van der Waals surface area contributed by atoms with Crippen molar-refractivity contribution in [3.8, 4) is 16.9 Å². The third-order valence-corrected chi connectivity index (χ3v) is 5.55. The van der Waals surface area contributed by atoms with E-state index in [-0.39, 0.29) is 17.0 Å². The molecule has 0 aliphatic rings. The number of carbonyl (C=O) groups is 1. The van der Waals surface area contributed by atoms with Crippen molar-refractivity contribution in [3.63, 3.8) is 0 Å². The van der Waals surface area contributed by atoms with E-state index in [1.165, 1.54) is 16.8 Å². The molecule has 0 aliphatic carbocycles. The van der Waals surface area contributed by atoms with Crippen LogP contribution < -0.4 is 10.6 Å². The number of hydroxylamine groups is 1. The molecule has 0 unspecified atom stereocenters. The Hall–Kier alpha value is -3.08. The molecule has 10 heteroatoms. The molecule has 4 N–H and O–H groups in total. The molecule has 8 nitrogen and oxygen atoms in total. The van der Waals surface area contributed by atoms with Crippen LogP contribution in [0.5, 0.6) is 0 Å². The summed E-state index contributed by atoms with van der Waals surface area (Å²) in [5.41, 5.74) is 3.83. The third kappa shape index (κ3) is 4.73. The van der Waals surface area contributed by atoms with Crippen LogP contribution in [0.25, 0.3) is 16.9 Å². The number of nitrogens with zero attached hydrogens (tertiary/aromatic N) is 2. The zero-order valence-corrected chi connectivity index (χ0v) is 17.0. The Morgan fingerprint density at radius 2 is 1.97 bits per heavy atom. The first-order valence-electron chi connectivity index (χ1n) is 9.11. The van der Waals surface area contributed by atoms with Crippen molar-refractivity contribution in [2.75, 3.05) is 0 Å². The lowest BCUT2D eigenvalue weighted by molar-refractivity contribution is -0.129. The van der Waals surface area contributed by atoms with Crippen molar-refractivity contribution in [1.29, 1.82) is 0 Å². The lowest BCUT2D eigenvalue weighted by Gasteiger charge is -2.12. The molecule has 1 aromatic heterocycles. The summed E-state index contributed by atoms with van der Waals surface area (Å²) in [6.07, 6.45) is 0.882. The Balaban J connectivity index is 2.11. The number of aromatic nitrogens is 2. The second kappa shape index (κ2) is 8.74. The normalized spacial score (nSPS) is 11.5. The van der Waals surface area contributed by atoms with Crippen molar-refractivity contribution in [3.05, 3.63) is 65.6 Å². The first kappa shape index (κ1) is 21.6. The van der Waals surface area contributed by atoms with Crippen molar-refractivity contribution in [2.45, 2.75) is 31.1 Å². The first-order valence-corrected chi connectivity index (χ1v) is 10.7. The zero-order chi connectivity index (χ0) is 21.9. The topological polar surface area (TPSA) is 127 Å². The van der Waals surface area contributed by atoms with Gasteiger partial charge in [-0.1, -0.05) is 24.3 Å². The molecule has 2 aromatic carbocycles. The van der Waals surface area contributed by atoms with Gasteiger partial charge in [-0.05, 0) is 49.6 Å². The van der Waals surface area contributed by atoms with E-state index in [1.807, 2.05) is 0 Å². The maximum absolute atomic E-state index is 14.2. The molecule has 0 radical (unpaired) electrons. The molecule has 0 fully saturated rings. The van der Waals surface area contributed by atoms with Crippen molar-refractivity contribution in [2.24, 2.45) is 5.14 Å². The fraction of sp³-hybridized carbons (Fsp3) is 0.200. The van der Waals surface area contributed by atoms with Crippen LogP contribution in [0.4, 0.5) is 4.39 Å². The number of primary sulfonamides is 1. The Morgan fingerprint density at radius 3 is 2.63 bits per heavy atom. The maximum atomic E-state index is 14.2. The number of carbonyl (C=O) groups excluding carboxylic acids is 1. The number of nitrogens with one attached hydrogen (secondary N) is 1. The Kier molecular flexibility index (Phi) is 6.30. The van der Waals surface area contributed by atoms with E-state index in [1.54, 1.807) is 48.8 Å². The summed E-state index contributed by atoms with van der Waals surface area (Å²) in [7, 11) is -4.03. The highest BCUT2D eigenvalue weighted by Crippen LogP contribution is 2.29. The third-order valence-electron chi connectivity index (χ3n) is 4.59. The largest absolute Gasteiger partial charge is 0.289 e. The van der Waals surface area contributed by atoms with Crippen LogP contribution in [0.2, 0.25) is 0 Å². The molecule has 0 spiro atoms. The van der Waals surface area contributed by atoms with Crippen molar-refractivity contribution < 1.29 is 22.8 Å². The van der Waals surface area contributed by atoms with Crippen LogP contribution in [0.1, 0.15) is 24.1 Å². The van der Waals surface area contributed by atoms with E-state index in [4.69, 9.17) is 10.3 Å². The van der Waals surface area contributed by atoms with Gasteiger partial charge in [-0.15, -0.1) is 0 Å². The monoisotopic (exact) mass is 432 g/mol. The van der Waals surface area contributed by atoms with Gasteiger partial charge < -0.3 is 0 Å². The standard InChI is InChI=1S/C20H21FN4O4S/c1-13-9-10-14(11-16(13)21)18-12-15(5-4-8-20(26)24-27)23-25(18)17-6-2-3-7-19(17)30(22,28)29/h2-3,6-7,9-12,27H,4-5,8H2,1H3,(H,24,26)(H2,22,28,29). The van der Waals surface area contributed by atoms with E-state index in [0.29, 0.717) is 35.4 Å². The summed E-state index contributed by atoms with van der Waals surface area (Å²) in [6, 6.07) is 12.5. The van der Waals surface area contributed by atoms with E-state index in [0.717, 1.165) is 0 Å². The van der Waals surface area contributed by atoms with Gasteiger partial charge in [-0.3, -0.25) is 10.0 Å². The summed E-state index contributed by atoms with van der Waals surface area (Å²) in [5, 5.41) is 18.5. The van der Waals surface area contributed by atoms with Crippen LogP contribution in [0.3, 0.4) is 0 Å². The molecular weight excluding hydrogens is 411 g/mol. The van der Waals surface area contributed by atoms with Gasteiger partial charge in [0.05, 0.1) is 17.1 Å². The summed E-state index contributed by atoms with van der Waals surface area (Å²) in [4.78, 5) is 11.1. The molecule has 0 atom stereocenters. The summed E-state index contributed by atoms with van der Waals surface area (Å²) >= 11 is 0.